The number of unbranched alkanes of at least 4 members (excludes halogenated alkanes) is 29. The minimum absolute atomic E-state index is 0.0805. The van der Waals surface area contributed by atoms with Crippen LogP contribution in [0.4, 0.5) is 0 Å². The van der Waals surface area contributed by atoms with Gasteiger partial charge in [-0.3, -0.25) is 14.4 Å². The van der Waals surface area contributed by atoms with Gasteiger partial charge in [0.05, 0.1) is 0 Å². The van der Waals surface area contributed by atoms with Crippen molar-refractivity contribution >= 4 is 17.9 Å². The fraction of sp³-hybridized carbons (Fsp3) is 0.721. The molecule has 0 bridgehead atoms. The molecule has 0 heterocycles. The van der Waals surface area contributed by atoms with E-state index >= 15 is 0 Å². The average Bonchev–Trinajstić information content (AvgIpc) is 3.40. The predicted octanol–water partition coefficient (Wildman–Crippen LogP) is 21.3. The first kappa shape index (κ1) is 70.3. The van der Waals surface area contributed by atoms with Gasteiger partial charge in [0.15, 0.2) is 6.10 Å². The number of carbonyl (C=O) groups excluding carboxylic acids is 3. The summed E-state index contributed by atoms with van der Waals surface area (Å²) in [6.45, 7) is 6.50. The van der Waals surface area contributed by atoms with Crippen LogP contribution >= 0.6 is 0 Å². The Bertz CT molecular complexity index is 1460. The van der Waals surface area contributed by atoms with Gasteiger partial charge in [-0.1, -0.05) is 272 Å². The van der Waals surface area contributed by atoms with Crippen LogP contribution in [0.2, 0.25) is 0 Å². The second kappa shape index (κ2) is 61.9. The fourth-order valence-electron chi connectivity index (χ4n) is 8.65. The lowest BCUT2D eigenvalue weighted by atomic mass is 10.0. The SMILES string of the molecule is CC/C=C\C/C=C\C/C=C\C/C=C\C/C=C\C/C=C\C/C=C\CCCCCCCCCCCC(=O)OCC(COC(=O)CCCCCCC/C=C\CCCCC)OC(=O)CCCCCCCCCCCCCCC. The van der Waals surface area contributed by atoms with Crippen molar-refractivity contribution in [2.75, 3.05) is 13.2 Å². The summed E-state index contributed by atoms with van der Waals surface area (Å²) in [5.74, 6) is -0.887. The maximum absolute atomic E-state index is 12.8. The summed E-state index contributed by atoms with van der Waals surface area (Å²) in [6, 6.07) is 0. The van der Waals surface area contributed by atoms with Gasteiger partial charge in [0.2, 0.25) is 0 Å². The summed E-state index contributed by atoms with van der Waals surface area (Å²) in [6.07, 6.45) is 82.7. The first-order valence-corrected chi connectivity index (χ1v) is 31.2. The van der Waals surface area contributed by atoms with E-state index in [1.54, 1.807) is 0 Å². The number of esters is 3. The van der Waals surface area contributed by atoms with Crippen LogP contribution in [0.1, 0.15) is 297 Å². The van der Waals surface area contributed by atoms with Crippen LogP contribution < -0.4 is 0 Å². The van der Waals surface area contributed by atoms with E-state index in [0.29, 0.717) is 19.3 Å². The lowest BCUT2D eigenvalue weighted by Crippen LogP contribution is -2.30. The van der Waals surface area contributed by atoms with Crippen molar-refractivity contribution in [3.8, 4) is 0 Å². The second-order valence-electron chi connectivity index (χ2n) is 20.6. The van der Waals surface area contributed by atoms with Crippen molar-refractivity contribution in [2.45, 2.75) is 303 Å². The zero-order valence-corrected chi connectivity index (χ0v) is 48.6. The predicted molar refractivity (Wildman–Crippen MR) is 320 cm³/mol. The molecule has 0 spiro atoms. The molecule has 0 aliphatic rings. The molecule has 6 heteroatoms. The molecular weight excluding hydrogens is 913 g/mol. The average molecular weight is 1030 g/mol. The molecule has 0 fully saturated rings. The second-order valence-corrected chi connectivity index (χ2v) is 20.6. The monoisotopic (exact) mass is 1030 g/mol. The van der Waals surface area contributed by atoms with Gasteiger partial charge in [-0.15, -0.1) is 0 Å². The summed E-state index contributed by atoms with van der Waals surface area (Å²) in [5.41, 5.74) is 0. The van der Waals surface area contributed by atoms with Crippen LogP contribution in [-0.4, -0.2) is 37.2 Å². The number of carbonyl (C=O) groups is 3. The van der Waals surface area contributed by atoms with Gasteiger partial charge in [-0.2, -0.15) is 0 Å². The summed E-state index contributed by atoms with van der Waals surface area (Å²) >= 11 is 0. The Balaban J connectivity index is 4.22. The number of rotatable bonds is 56. The summed E-state index contributed by atoms with van der Waals surface area (Å²) in [4.78, 5) is 38.2. The topological polar surface area (TPSA) is 78.9 Å². The van der Waals surface area contributed by atoms with E-state index in [1.807, 2.05) is 0 Å². The standard InChI is InChI=1S/C68H116O6/c1-4-7-10-13-16-19-22-25-26-27-28-29-30-31-32-33-34-35-36-37-38-39-40-41-42-44-46-49-52-55-58-61-67(70)73-64-65(63-72-66(69)60-57-54-51-48-45-24-21-18-15-12-9-6-3)74-68(71)62-59-56-53-50-47-43-23-20-17-14-11-8-5-2/h7,10,16,18-19,21,25-26,28-29,31-32,34-35,37-38,65H,4-6,8-9,11-15,17,20,22-24,27,30,33,36,39-64H2,1-3H3/b10-7-,19-16-,21-18-,26-25-,29-28-,32-31-,35-34-,38-37-. The molecule has 0 rings (SSSR count). The molecule has 424 valence electrons. The Kier molecular flexibility index (Phi) is 58.8. The number of hydrogen-bond acceptors (Lipinski definition) is 6. The van der Waals surface area contributed by atoms with Crippen LogP contribution in [0.3, 0.4) is 0 Å². The van der Waals surface area contributed by atoms with Gasteiger partial charge in [-0.05, 0) is 103 Å². The number of ether oxygens (including phenoxy) is 3. The van der Waals surface area contributed by atoms with Crippen molar-refractivity contribution in [3.63, 3.8) is 0 Å². The molecule has 74 heavy (non-hydrogen) atoms. The first-order valence-electron chi connectivity index (χ1n) is 31.2. The highest BCUT2D eigenvalue weighted by Gasteiger charge is 2.19. The van der Waals surface area contributed by atoms with Gasteiger partial charge in [0, 0.05) is 19.3 Å². The molecular formula is C68H116O6. The molecule has 0 radical (unpaired) electrons. The highest BCUT2D eigenvalue weighted by atomic mass is 16.6. The number of hydrogen-bond donors (Lipinski definition) is 0. The zero-order chi connectivity index (χ0) is 53.6. The van der Waals surface area contributed by atoms with E-state index < -0.39 is 6.10 Å². The highest BCUT2D eigenvalue weighted by molar-refractivity contribution is 5.71. The van der Waals surface area contributed by atoms with Crippen molar-refractivity contribution in [1.82, 2.24) is 0 Å². The highest BCUT2D eigenvalue weighted by Crippen LogP contribution is 2.16. The van der Waals surface area contributed by atoms with Crippen molar-refractivity contribution in [1.29, 1.82) is 0 Å². The van der Waals surface area contributed by atoms with Crippen LogP contribution in [0, 0.1) is 0 Å². The normalized spacial score (nSPS) is 12.7. The van der Waals surface area contributed by atoms with E-state index in [2.05, 4.69) is 118 Å². The van der Waals surface area contributed by atoms with Crippen LogP contribution in [0.25, 0.3) is 0 Å². The van der Waals surface area contributed by atoms with Gasteiger partial charge < -0.3 is 14.2 Å². The van der Waals surface area contributed by atoms with Gasteiger partial charge in [0.1, 0.15) is 13.2 Å². The van der Waals surface area contributed by atoms with E-state index in [1.165, 1.54) is 141 Å². The first-order chi connectivity index (χ1) is 36.5. The molecule has 0 aromatic carbocycles. The van der Waals surface area contributed by atoms with Gasteiger partial charge in [-0.25, -0.2) is 0 Å². The molecule has 0 saturated carbocycles. The molecule has 0 aromatic rings. The Morgan fingerprint density at radius 3 is 0.865 bits per heavy atom. The Morgan fingerprint density at radius 2 is 0.527 bits per heavy atom. The lowest BCUT2D eigenvalue weighted by Gasteiger charge is -2.18. The molecule has 1 atom stereocenters. The summed E-state index contributed by atoms with van der Waals surface area (Å²) < 4.78 is 16.9. The smallest absolute Gasteiger partial charge is 0.306 e. The molecule has 0 aromatic heterocycles. The van der Waals surface area contributed by atoms with Crippen LogP contribution in [-0.2, 0) is 28.6 Å². The minimum Gasteiger partial charge on any atom is -0.462 e. The van der Waals surface area contributed by atoms with Crippen molar-refractivity contribution in [2.24, 2.45) is 0 Å². The zero-order valence-electron chi connectivity index (χ0n) is 48.6. The molecule has 0 aliphatic carbocycles. The third kappa shape index (κ3) is 59.2. The van der Waals surface area contributed by atoms with Gasteiger partial charge >= 0.3 is 17.9 Å². The van der Waals surface area contributed by atoms with Crippen molar-refractivity contribution < 1.29 is 28.6 Å². The molecule has 0 saturated heterocycles. The Labute approximate surface area is 457 Å². The molecule has 0 amide bonds. The largest absolute Gasteiger partial charge is 0.462 e. The van der Waals surface area contributed by atoms with E-state index in [-0.39, 0.29) is 31.1 Å². The van der Waals surface area contributed by atoms with E-state index in [4.69, 9.17) is 14.2 Å². The molecule has 6 nitrogen and oxygen atoms in total. The third-order valence-electron chi connectivity index (χ3n) is 13.3. The molecule has 0 aliphatic heterocycles. The lowest BCUT2D eigenvalue weighted by molar-refractivity contribution is -0.167. The summed E-state index contributed by atoms with van der Waals surface area (Å²) in [5, 5.41) is 0. The van der Waals surface area contributed by atoms with Crippen LogP contribution in [0.5, 0.6) is 0 Å². The number of allylic oxidation sites excluding steroid dienone is 16. The minimum atomic E-state index is -0.781. The summed E-state index contributed by atoms with van der Waals surface area (Å²) in [7, 11) is 0. The molecule has 1 unspecified atom stereocenters. The Hall–Kier alpha value is -3.67. The van der Waals surface area contributed by atoms with Crippen LogP contribution in [0.15, 0.2) is 97.2 Å². The van der Waals surface area contributed by atoms with E-state index in [9.17, 15) is 14.4 Å². The van der Waals surface area contributed by atoms with Crippen molar-refractivity contribution in [3.05, 3.63) is 97.2 Å². The van der Waals surface area contributed by atoms with E-state index in [0.717, 1.165) is 116 Å². The Morgan fingerprint density at radius 1 is 0.284 bits per heavy atom. The quantitative estimate of drug-likeness (QED) is 0.0261. The maximum atomic E-state index is 12.8. The van der Waals surface area contributed by atoms with Gasteiger partial charge in [0.25, 0.3) is 0 Å². The molecule has 0 N–H and O–H groups in total. The fourth-order valence-corrected chi connectivity index (χ4v) is 8.65. The third-order valence-corrected chi connectivity index (χ3v) is 13.3. The maximum Gasteiger partial charge on any atom is 0.306 e.